The first-order valence-corrected chi connectivity index (χ1v) is 21.9. The Kier molecular flexibility index (Phi) is 9.20. The molecule has 0 radical (unpaired) electrons. The molecule has 64 heavy (non-hydrogen) atoms. The summed E-state index contributed by atoms with van der Waals surface area (Å²) < 4.78 is 6.42. The van der Waals surface area contributed by atoms with Crippen LogP contribution in [0.4, 0.5) is 17.1 Å². The number of para-hydroxylation sites is 1. The second-order valence-corrected chi connectivity index (χ2v) is 16.4. The topological polar surface area (TPSA) is 16.4 Å². The van der Waals surface area contributed by atoms with Crippen LogP contribution in [0.2, 0.25) is 0 Å². The van der Waals surface area contributed by atoms with Gasteiger partial charge in [-0.15, -0.1) is 0 Å². The van der Waals surface area contributed by atoms with Crippen LogP contribution in [0.3, 0.4) is 0 Å². The fourth-order valence-electron chi connectivity index (χ4n) is 9.57. The molecule has 0 spiro atoms. The summed E-state index contributed by atoms with van der Waals surface area (Å²) in [6, 6.07) is 89.6. The van der Waals surface area contributed by atoms with Crippen molar-refractivity contribution in [2.45, 2.75) is 0 Å². The zero-order valence-corrected chi connectivity index (χ0v) is 35.0. The normalized spacial score (nSPS) is 11.4. The Hall–Kier alpha value is -8.46. The van der Waals surface area contributed by atoms with Crippen LogP contribution in [-0.4, -0.2) is 0 Å². The lowest BCUT2D eigenvalue weighted by Gasteiger charge is -2.26. The van der Waals surface area contributed by atoms with Crippen molar-refractivity contribution >= 4 is 60.5 Å². The molecule has 0 fully saturated rings. The van der Waals surface area contributed by atoms with Gasteiger partial charge in [-0.3, -0.25) is 0 Å². The zero-order valence-electron chi connectivity index (χ0n) is 35.0. The number of rotatable bonds is 8. The van der Waals surface area contributed by atoms with Gasteiger partial charge >= 0.3 is 0 Å². The van der Waals surface area contributed by atoms with Gasteiger partial charge in [0.25, 0.3) is 0 Å². The highest BCUT2D eigenvalue weighted by molar-refractivity contribution is 6.22. The number of fused-ring (bicyclic) bond motifs is 6. The molecule has 1 aromatic heterocycles. The Labute approximate surface area is 372 Å². The van der Waals surface area contributed by atoms with Crippen molar-refractivity contribution in [1.29, 1.82) is 0 Å². The molecule has 2 nitrogen and oxygen atoms in total. The van der Waals surface area contributed by atoms with E-state index in [1.165, 1.54) is 71.6 Å². The maximum Gasteiger partial charge on any atom is 0.137 e. The monoisotopic (exact) mass is 815 g/mol. The minimum absolute atomic E-state index is 0.864. The summed E-state index contributed by atoms with van der Waals surface area (Å²) in [5, 5.41) is 7.23. The summed E-state index contributed by atoms with van der Waals surface area (Å²) in [5.74, 6) is 0. The molecule has 0 atom stereocenters. The smallest absolute Gasteiger partial charge is 0.137 e. The van der Waals surface area contributed by atoms with Gasteiger partial charge in [0.05, 0.1) is 0 Å². The van der Waals surface area contributed by atoms with E-state index in [4.69, 9.17) is 4.42 Å². The number of hydrogen-bond acceptors (Lipinski definition) is 2. The number of furan rings is 1. The van der Waals surface area contributed by atoms with Crippen LogP contribution in [0.5, 0.6) is 0 Å². The molecule has 0 unspecified atom stereocenters. The van der Waals surface area contributed by atoms with Crippen LogP contribution < -0.4 is 4.90 Å². The first-order valence-electron chi connectivity index (χ1n) is 21.9. The van der Waals surface area contributed by atoms with E-state index in [1.807, 2.05) is 12.1 Å². The van der Waals surface area contributed by atoms with E-state index in [2.05, 4.69) is 241 Å². The Morgan fingerprint density at radius 2 is 0.594 bits per heavy atom. The molecule has 0 N–H and O–H groups in total. The summed E-state index contributed by atoms with van der Waals surface area (Å²) in [4.78, 5) is 2.32. The first kappa shape index (κ1) is 37.3. The van der Waals surface area contributed by atoms with Gasteiger partial charge in [-0.2, -0.15) is 0 Å². The fourth-order valence-corrected chi connectivity index (χ4v) is 9.57. The summed E-state index contributed by atoms with van der Waals surface area (Å²) >= 11 is 0. The number of hydrogen-bond donors (Lipinski definition) is 0. The minimum Gasteiger partial charge on any atom is -0.456 e. The van der Waals surface area contributed by atoms with E-state index in [9.17, 15) is 0 Å². The zero-order chi connectivity index (χ0) is 42.4. The molecule has 12 rings (SSSR count). The highest BCUT2D eigenvalue weighted by Gasteiger charge is 2.20. The van der Waals surface area contributed by atoms with E-state index in [-0.39, 0.29) is 0 Å². The highest BCUT2D eigenvalue weighted by atomic mass is 16.3. The van der Waals surface area contributed by atoms with Crippen LogP contribution in [0.15, 0.2) is 253 Å². The highest BCUT2D eigenvalue weighted by Crippen LogP contribution is 2.46. The van der Waals surface area contributed by atoms with Crippen molar-refractivity contribution in [2.75, 3.05) is 4.90 Å². The van der Waals surface area contributed by atoms with Gasteiger partial charge in [0.1, 0.15) is 11.2 Å². The Morgan fingerprint density at radius 3 is 1.19 bits per heavy atom. The second kappa shape index (κ2) is 15.8. The molecule has 2 heteroatoms. The summed E-state index contributed by atoms with van der Waals surface area (Å²) in [6.07, 6.45) is 0. The van der Waals surface area contributed by atoms with E-state index in [0.717, 1.165) is 44.6 Å². The molecular weight excluding hydrogens is 775 g/mol. The van der Waals surface area contributed by atoms with Crippen molar-refractivity contribution in [2.24, 2.45) is 0 Å². The standard InChI is InChI=1S/C62H41NO/c1-4-14-42(15-5-1)43-24-26-44(27-25-43)45-28-33-50(34-29-45)63(52-37-39-56-55-21-12-13-23-59(55)64-60(56)41-52)51-35-30-46(31-36-51)49-32-38-54-53-20-10-11-22-57(53)61(47-16-6-2-7-17-47)62(58(54)40-49)48-18-8-3-9-19-48/h1-41H. The third-order valence-corrected chi connectivity index (χ3v) is 12.7. The average molecular weight is 816 g/mol. The average Bonchev–Trinajstić information content (AvgIpc) is 3.75. The van der Waals surface area contributed by atoms with Gasteiger partial charge in [0.2, 0.25) is 0 Å². The van der Waals surface area contributed by atoms with Gasteiger partial charge in [0, 0.05) is 33.9 Å². The van der Waals surface area contributed by atoms with Crippen LogP contribution in [-0.2, 0) is 0 Å². The molecule has 1 heterocycles. The molecule has 300 valence electrons. The van der Waals surface area contributed by atoms with E-state index < -0.39 is 0 Å². The molecule has 12 aromatic rings. The maximum atomic E-state index is 6.42. The van der Waals surface area contributed by atoms with Crippen molar-refractivity contribution in [3.8, 4) is 55.6 Å². The van der Waals surface area contributed by atoms with Crippen LogP contribution in [0.25, 0.3) is 99.1 Å². The Bertz CT molecular complexity index is 3610. The molecule has 0 saturated heterocycles. The number of benzene rings is 11. The summed E-state index contributed by atoms with van der Waals surface area (Å²) in [6.45, 7) is 0. The van der Waals surface area contributed by atoms with Crippen LogP contribution in [0.1, 0.15) is 0 Å². The maximum absolute atomic E-state index is 6.42. The van der Waals surface area contributed by atoms with Crippen molar-refractivity contribution in [3.05, 3.63) is 249 Å². The third-order valence-electron chi connectivity index (χ3n) is 12.7. The lowest BCUT2D eigenvalue weighted by atomic mass is 9.84. The second-order valence-electron chi connectivity index (χ2n) is 16.4. The predicted octanol–water partition coefficient (Wildman–Crippen LogP) is 17.7. The van der Waals surface area contributed by atoms with E-state index >= 15 is 0 Å². The van der Waals surface area contributed by atoms with Crippen molar-refractivity contribution < 1.29 is 4.42 Å². The SMILES string of the molecule is c1ccc(-c2ccc(-c3ccc(N(c4ccc(-c5ccc6c(c5)c(-c5ccccc5)c(-c5ccccc5)c5ccccc56)cc4)c4ccc5c(c4)oc4ccccc45)cc3)cc2)cc1. The lowest BCUT2D eigenvalue weighted by molar-refractivity contribution is 0.669. The van der Waals surface area contributed by atoms with Gasteiger partial charge in [-0.25, -0.2) is 0 Å². The van der Waals surface area contributed by atoms with Crippen LogP contribution >= 0.6 is 0 Å². The van der Waals surface area contributed by atoms with Crippen LogP contribution in [0, 0.1) is 0 Å². The lowest BCUT2D eigenvalue weighted by Crippen LogP contribution is -2.09. The minimum atomic E-state index is 0.864. The molecule has 0 aliphatic heterocycles. The first-order chi connectivity index (χ1) is 31.7. The Morgan fingerprint density at radius 1 is 0.219 bits per heavy atom. The number of nitrogens with zero attached hydrogens (tertiary/aromatic N) is 1. The largest absolute Gasteiger partial charge is 0.456 e. The van der Waals surface area contributed by atoms with E-state index in [1.54, 1.807) is 0 Å². The van der Waals surface area contributed by atoms with Gasteiger partial charge in [0.15, 0.2) is 0 Å². The predicted molar refractivity (Wildman–Crippen MR) is 271 cm³/mol. The molecule has 0 saturated carbocycles. The summed E-state index contributed by atoms with van der Waals surface area (Å²) in [7, 11) is 0. The van der Waals surface area contributed by atoms with Crippen molar-refractivity contribution in [3.63, 3.8) is 0 Å². The van der Waals surface area contributed by atoms with Gasteiger partial charge in [-0.1, -0.05) is 194 Å². The molecule has 0 aliphatic carbocycles. The van der Waals surface area contributed by atoms with Crippen molar-refractivity contribution in [1.82, 2.24) is 0 Å². The molecule has 0 bridgehead atoms. The summed E-state index contributed by atoms with van der Waals surface area (Å²) in [5.41, 5.74) is 16.9. The molecule has 11 aromatic carbocycles. The van der Waals surface area contributed by atoms with Gasteiger partial charge in [-0.05, 0) is 126 Å². The molecule has 0 aliphatic rings. The quantitative estimate of drug-likeness (QED) is 0.142. The molecular formula is C62H41NO. The Balaban J connectivity index is 0.963. The van der Waals surface area contributed by atoms with Gasteiger partial charge < -0.3 is 9.32 Å². The van der Waals surface area contributed by atoms with E-state index in [0.29, 0.717) is 0 Å². The number of anilines is 3. The third kappa shape index (κ3) is 6.61. The fraction of sp³-hybridized carbons (Fsp3) is 0. The molecule has 0 amide bonds.